The van der Waals surface area contributed by atoms with Crippen LogP contribution in [-0.4, -0.2) is 7.11 Å². The van der Waals surface area contributed by atoms with E-state index in [1.807, 2.05) is 30.3 Å². The second kappa shape index (κ2) is 5.19. The van der Waals surface area contributed by atoms with Gasteiger partial charge in [0.2, 0.25) is 0 Å². The van der Waals surface area contributed by atoms with Crippen LogP contribution in [0.15, 0.2) is 53.5 Å². The first-order chi connectivity index (χ1) is 8.24. The lowest BCUT2D eigenvalue weighted by Crippen LogP contribution is -1.87. The van der Waals surface area contributed by atoms with E-state index in [4.69, 9.17) is 4.74 Å². The van der Waals surface area contributed by atoms with Crippen LogP contribution in [0.25, 0.3) is 17.2 Å². The van der Waals surface area contributed by atoms with Crippen molar-refractivity contribution < 1.29 is 4.74 Å². The van der Waals surface area contributed by atoms with Gasteiger partial charge in [-0.25, -0.2) is 0 Å². The van der Waals surface area contributed by atoms with Crippen LogP contribution in [0.4, 0.5) is 0 Å². The standard InChI is InChI=1S/C15H13BrO/c1-3-11-10-14(17-2)8-9-15(11)12-4-6-13(16)7-5-12/h3-10H,1H2,2H3. The molecule has 0 aliphatic carbocycles. The summed E-state index contributed by atoms with van der Waals surface area (Å²) in [6.45, 7) is 3.85. The lowest BCUT2D eigenvalue weighted by molar-refractivity contribution is 0.415. The molecule has 0 fully saturated rings. The van der Waals surface area contributed by atoms with Crippen LogP contribution in [0.2, 0.25) is 0 Å². The molecule has 2 heteroatoms. The van der Waals surface area contributed by atoms with Gasteiger partial charge in [-0.1, -0.05) is 46.8 Å². The predicted molar refractivity (Wildman–Crippen MR) is 76.2 cm³/mol. The summed E-state index contributed by atoms with van der Waals surface area (Å²) in [6, 6.07) is 14.2. The Bertz CT molecular complexity index is 529. The van der Waals surface area contributed by atoms with Crippen molar-refractivity contribution in [2.45, 2.75) is 0 Å². The van der Waals surface area contributed by atoms with Gasteiger partial charge in [0.1, 0.15) is 5.75 Å². The van der Waals surface area contributed by atoms with Crippen molar-refractivity contribution in [1.82, 2.24) is 0 Å². The summed E-state index contributed by atoms with van der Waals surface area (Å²) in [7, 11) is 1.67. The molecule has 0 bridgehead atoms. The van der Waals surface area contributed by atoms with Crippen LogP contribution in [-0.2, 0) is 0 Å². The minimum atomic E-state index is 0.848. The van der Waals surface area contributed by atoms with Gasteiger partial charge < -0.3 is 4.74 Å². The van der Waals surface area contributed by atoms with Gasteiger partial charge in [0.25, 0.3) is 0 Å². The van der Waals surface area contributed by atoms with Gasteiger partial charge in [-0.15, -0.1) is 0 Å². The summed E-state index contributed by atoms with van der Waals surface area (Å²) in [5.41, 5.74) is 3.41. The fraction of sp³-hybridized carbons (Fsp3) is 0.0667. The van der Waals surface area contributed by atoms with Gasteiger partial charge in [0, 0.05) is 4.47 Å². The molecule has 0 aliphatic rings. The molecule has 0 aliphatic heterocycles. The van der Waals surface area contributed by atoms with E-state index in [-0.39, 0.29) is 0 Å². The van der Waals surface area contributed by atoms with E-state index in [0.717, 1.165) is 21.3 Å². The lowest BCUT2D eigenvalue weighted by atomic mass is 9.99. The number of ether oxygens (including phenoxy) is 1. The quantitative estimate of drug-likeness (QED) is 0.791. The zero-order chi connectivity index (χ0) is 12.3. The second-order valence-electron chi connectivity index (χ2n) is 3.66. The van der Waals surface area contributed by atoms with Crippen molar-refractivity contribution in [2.24, 2.45) is 0 Å². The van der Waals surface area contributed by atoms with Crippen molar-refractivity contribution in [1.29, 1.82) is 0 Å². The highest BCUT2D eigenvalue weighted by molar-refractivity contribution is 9.10. The molecule has 0 amide bonds. The fourth-order valence-corrected chi connectivity index (χ4v) is 1.99. The van der Waals surface area contributed by atoms with E-state index in [1.165, 1.54) is 5.56 Å². The minimum absolute atomic E-state index is 0.848. The molecular formula is C15H13BrO. The molecule has 0 atom stereocenters. The smallest absolute Gasteiger partial charge is 0.119 e. The first-order valence-corrected chi connectivity index (χ1v) is 6.10. The van der Waals surface area contributed by atoms with Gasteiger partial charge >= 0.3 is 0 Å². The number of benzene rings is 2. The van der Waals surface area contributed by atoms with E-state index in [2.05, 4.69) is 40.7 Å². The van der Waals surface area contributed by atoms with Gasteiger partial charge in [0.15, 0.2) is 0 Å². The van der Waals surface area contributed by atoms with Crippen LogP contribution in [0.5, 0.6) is 5.75 Å². The molecule has 0 heterocycles. The number of hydrogen-bond acceptors (Lipinski definition) is 1. The molecule has 0 spiro atoms. The largest absolute Gasteiger partial charge is 0.497 e. The molecule has 0 saturated carbocycles. The third-order valence-corrected chi connectivity index (χ3v) is 3.16. The number of methoxy groups -OCH3 is 1. The Morgan fingerprint density at radius 1 is 1.12 bits per heavy atom. The molecule has 2 rings (SSSR count). The minimum Gasteiger partial charge on any atom is -0.497 e. The molecular weight excluding hydrogens is 276 g/mol. The molecule has 86 valence electrons. The van der Waals surface area contributed by atoms with Crippen LogP contribution < -0.4 is 4.74 Å². The maximum atomic E-state index is 5.21. The number of rotatable bonds is 3. The average Bonchev–Trinajstić information content (AvgIpc) is 2.39. The predicted octanol–water partition coefficient (Wildman–Crippen LogP) is 4.77. The van der Waals surface area contributed by atoms with E-state index < -0.39 is 0 Å². The van der Waals surface area contributed by atoms with E-state index >= 15 is 0 Å². The Kier molecular flexibility index (Phi) is 3.64. The Morgan fingerprint density at radius 3 is 2.41 bits per heavy atom. The summed E-state index contributed by atoms with van der Waals surface area (Å²) in [5.74, 6) is 0.848. The van der Waals surface area contributed by atoms with Crippen molar-refractivity contribution in [3.63, 3.8) is 0 Å². The molecule has 0 saturated heterocycles. The third kappa shape index (κ3) is 2.59. The van der Waals surface area contributed by atoms with Gasteiger partial charge in [-0.3, -0.25) is 0 Å². The van der Waals surface area contributed by atoms with E-state index in [1.54, 1.807) is 7.11 Å². The van der Waals surface area contributed by atoms with Gasteiger partial charge in [0.05, 0.1) is 7.11 Å². The Hall–Kier alpha value is -1.54. The van der Waals surface area contributed by atoms with Crippen molar-refractivity contribution >= 4 is 22.0 Å². The number of hydrogen-bond donors (Lipinski definition) is 0. The average molecular weight is 289 g/mol. The Labute approximate surface area is 110 Å². The van der Waals surface area contributed by atoms with Crippen LogP contribution in [0.1, 0.15) is 5.56 Å². The zero-order valence-electron chi connectivity index (χ0n) is 9.61. The maximum absolute atomic E-state index is 5.21. The molecule has 1 nitrogen and oxygen atoms in total. The van der Waals surface area contributed by atoms with Gasteiger partial charge in [-0.2, -0.15) is 0 Å². The lowest BCUT2D eigenvalue weighted by Gasteiger charge is -2.08. The van der Waals surface area contributed by atoms with Crippen molar-refractivity contribution in [3.05, 3.63) is 59.1 Å². The molecule has 0 unspecified atom stereocenters. The fourth-order valence-electron chi connectivity index (χ4n) is 1.73. The van der Waals surface area contributed by atoms with Crippen LogP contribution >= 0.6 is 15.9 Å². The first-order valence-electron chi connectivity index (χ1n) is 5.31. The SMILES string of the molecule is C=Cc1cc(OC)ccc1-c1ccc(Br)cc1. The van der Waals surface area contributed by atoms with Crippen molar-refractivity contribution in [2.75, 3.05) is 7.11 Å². The molecule has 0 aromatic heterocycles. The summed E-state index contributed by atoms with van der Waals surface area (Å²) >= 11 is 3.44. The molecule has 2 aromatic rings. The first kappa shape index (κ1) is 11.9. The second-order valence-corrected chi connectivity index (χ2v) is 4.58. The summed E-state index contributed by atoms with van der Waals surface area (Å²) in [4.78, 5) is 0. The Balaban J connectivity index is 2.51. The van der Waals surface area contributed by atoms with Crippen LogP contribution in [0, 0.1) is 0 Å². The highest BCUT2D eigenvalue weighted by Gasteiger charge is 2.04. The molecule has 0 N–H and O–H groups in total. The molecule has 0 radical (unpaired) electrons. The topological polar surface area (TPSA) is 9.23 Å². The summed E-state index contributed by atoms with van der Waals surface area (Å²) in [6.07, 6.45) is 1.85. The summed E-state index contributed by atoms with van der Waals surface area (Å²) in [5, 5.41) is 0. The number of halogens is 1. The maximum Gasteiger partial charge on any atom is 0.119 e. The Morgan fingerprint density at radius 2 is 1.82 bits per heavy atom. The van der Waals surface area contributed by atoms with Crippen molar-refractivity contribution in [3.8, 4) is 16.9 Å². The zero-order valence-corrected chi connectivity index (χ0v) is 11.2. The highest BCUT2D eigenvalue weighted by atomic mass is 79.9. The summed E-state index contributed by atoms with van der Waals surface area (Å²) < 4.78 is 6.29. The van der Waals surface area contributed by atoms with E-state index in [9.17, 15) is 0 Å². The molecule has 17 heavy (non-hydrogen) atoms. The third-order valence-electron chi connectivity index (χ3n) is 2.63. The van der Waals surface area contributed by atoms with E-state index in [0.29, 0.717) is 0 Å². The highest BCUT2D eigenvalue weighted by Crippen LogP contribution is 2.29. The molecule has 2 aromatic carbocycles. The normalized spacial score (nSPS) is 10.0. The van der Waals surface area contributed by atoms with Gasteiger partial charge in [-0.05, 0) is 41.0 Å². The monoisotopic (exact) mass is 288 g/mol. The van der Waals surface area contributed by atoms with Crippen LogP contribution in [0.3, 0.4) is 0 Å².